The fourth-order valence-corrected chi connectivity index (χ4v) is 1.64. The van der Waals surface area contributed by atoms with Gasteiger partial charge in [0.15, 0.2) is 5.75 Å². The van der Waals surface area contributed by atoms with Crippen molar-refractivity contribution in [3.05, 3.63) is 48.5 Å². The smallest absolute Gasteiger partial charge is 0.399 e. The van der Waals surface area contributed by atoms with E-state index in [1.165, 1.54) is 6.26 Å². The Balaban J connectivity index is 1.90. The fraction of sp³-hybridized carbons (Fsp3) is 0.0769. The lowest BCUT2D eigenvalue weighted by molar-refractivity contribution is 0.330. The predicted molar refractivity (Wildman–Crippen MR) is 66.2 cm³/mol. The van der Waals surface area contributed by atoms with Gasteiger partial charge in [-0.15, -0.1) is 0 Å². The van der Waals surface area contributed by atoms with E-state index < -0.39 is 0 Å². The first-order valence-electron chi connectivity index (χ1n) is 5.52. The number of hydrogen-bond donors (Lipinski definition) is 1. The molecular weight excluding hydrogens is 230 g/mol. The number of hydrogen-bond acceptors (Lipinski definition) is 5. The summed E-state index contributed by atoms with van der Waals surface area (Å²) in [6.07, 6.45) is 3.28. The monoisotopic (exact) mass is 241 g/mol. The molecule has 18 heavy (non-hydrogen) atoms. The highest BCUT2D eigenvalue weighted by Crippen LogP contribution is 2.23. The standard InChI is InChI=1S/C13H11N3O2/c14-6-10-8-17-13(16-10)18-11-5-9-3-1-2-4-12(9)15-7-11/h1-5,7-8H,6,14H2. The van der Waals surface area contributed by atoms with Crippen molar-refractivity contribution in [2.75, 3.05) is 0 Å². The second-order valence-corrected chi connectivity index (χ2v) is 3.77. The van der Waals surface area contributed by atoms with Crippen LogP contribution < -0.4 is 10.5 Å². The zero-order valence-corrected chi connectivity index (χ0v) is 9.54. The molecule has 0 fully saturated rings. The average Bonchev–Trinajstić information content (AvgIpc) is 2.86. The SMILES string of the molecule is NCc1coc(Oc2cnc3ccccc3c2)n1. The zero-order chi connectivity index (χ0) is 12.4. The second kappa shape index (κ2) is 4.46. The minimum atomic E-state index is 0.174. The number of pyridine rings is 1. The number of benzene rings is 1. The third-order valence-corrected chi connectivity index (χ3v) is 2.51. The Bertz CT molecular complexity index is 679. The molecule has 3 rings (SSSR count). The molecule has 0 saturated heterocycles. The lowest BCUT2D eigenvalue weighted by atomic mass is 10.2. The van der Waals surface area contributed by atoms with Crippen molar-refractivity contribution in [3.8, 4) is 11.8 Å². The molecular formula is C13H11N3O2. The van der Waals surface area contributed by atoms with Crippen LogP contribution >= 0.6 is 0 Å². The van der Waals surface area contributed by atoms with E-state index in [1.54, 1.807) is 6.20 Å². The van der Waals surface area contributed by atoms with Gasteiger partial charge in [0, 0.05) is 11.9 Å². The molecule has 0 spiro atoms. The molecule has 0 bridgehead atoms. The average molecular weight is 241 g/mol. The van der Waals surface area contributed by atoms with Crippen molar-refractivity contribution in [2.45, 2.75) is 6.54 Å². The quantitative estimate of drug-likeness (QED) is 0.762. The van der Waals surface area contributed by atoms with Gasteiger partial charge in [-0.3, -0.25) is 4.98 Å². The van der Waals surface area contributed by atoms with Gasteiger partial charge in [0.05, 0.1) is 17.4 Å². The normalized spacial score (nSPS) is 10.7. The molecule has 2 N–H and O–H groups in total. The number of aromatic nitrogens is 2. The van der Waals surface area contributed by atoms with Crippen LogP contribution in [0.4, 0.5) is 0 Å². The summed E-state index contributed by atoms with van der Waals surface area (Å²) in [6, 6.07) is 9.68. The van der Waals surface area contributed by atoms with Gasteiger partial charge < -0.3 is 14.9 Å². The van der Waals surface area contributed by atoms with E-state index in [4.69, 9.17) is 14.9 Å². The number of oxazole rings is 1. The maximum atomic E-state index is 5.47. The Kier molecular flexibility index (Phi) is 2.66. The summed E-state index contributed by atoms with van der Waals surface area (Å²) in [6.45, 7) is 0.322. The molecule has 1 aromatic carbocycles. The molecule has 0 aliphatic carbocycles. The van der Waals surface area contributed by atoms with Gasteiger partial charge >= 0.3 is 6.08 Å². The highest BCUT2D eigenvalue weighted by molar-refractivity contribution is 5.79. The largest absolute Gasteiger partial charge is 0.417 e. The van der Waals surface area contributed by atoms with Gasteiger partial charge in [0.2, 0.25) is 0 Å². The number of para-hydroxylation sites is 1. The third kappa shape index (κ3) is 2.03. The number of nitrogens with two attached hydrogens (primary N) is 1. The highest BCUT2D eigenvalue weighted by atomic mass is 16.6. The summed E-state index contributed by atoms with van der Waals surface area (Å²) in [5.41, 5.74) is 7.01. The summed E-state index contributed by atoms with van der Waals surface area (Å²) in [5, 5.41) is 1.00. The van der Waals surface area contributed by atoms with Gasteiger partial charge in [-0.05, 0) is 12.1 Å². The van der Waals surface area contributed by atoms with Gasteiger partial charge in [0.1, 0.15) is 6.26 Å². The van der Waals surface area contributed by atoms with E-state index >= 15 is 0 Å². The van der Waals surface area contributed by atoms with Gasteiger partial charge in [-0.2, -0.15) is 4.98 Å². The Morgan fingerprint density at radius 2 is 2.17 bits per heavy atom. The maximum Gasteiger partial charge on any atom is 0.399 e. The summed E-state index contributed by atoms with van der Waals surface area (Å²) >= 11 is 0. The first kappa shape index (κ1) is 10.7. The molecule has 5 nitrogen and oxygen atoms in total. The predicted octanol–water partition coefficient (Wildman–Crippen LogP) is 2.47. The maximum absolute atomic E-state index is 5.47. The lowest BCUT2D eigenvalue weighted by Crippen LogP contribution is -1.95. The number of rotatable bonds is 3. The molecule has 90 valence electrons. The molecule has 0 radical (unpaired) electrons. The molecule has 0 saturated carbocycles. The molecule has 0 unspecified atom stereocenters. The summed E-state index contributed by atoms with van der Waals surface area (Å²) in [7, 11) is 0. The molecule has 3 aromatic rings. The lowest BCUT2D eigenvalue weighted by Gasteiger charge is -2.01. The van der Waals surface area contributed by atoms with E-state index in [1.807, 2.05) is 30.3 Å². The van der Waals surface area contributed by atoms with Crippen molar-refractivity contribution >= 4 is 10.9 Å². The van der Waals surface area contributed by atoms with Crippen molar-refractivity contribution in [1.82, 2.24) is 9.97 Å². The summed E-state index contributed by atoms with van der Waals surface area (Å²) < 4.78 is 10.6. The minimum absolute atomic E-state index is 0.174. The second-order valence-electron chi connectivity index (χ2n) is 3.77. The van der Waals surface area contributed by atoms with Gasteiger partial charge in [-0.1, -0.05) is 18.2 Å². The van der Waals surface area contributed by atoms with E-state index in [0.29, 0.717) is 18.0 Å². The number of ether oxygens (including phenoxy) is 1. The van der Waals surface area contributed by atoms with Crippen LogP contribution in [-0.2, 0) is 6.54 Å². The topological polar surface area (TPSA) is 74.2 Å². The van der Waals surface area contributed by atoms with Crippen LogP contribution in [0.1, 0.15) is 5.69 Å². The molecule has 0 aliphatic heterocycles. The van der Waals surface area contributed by atoms with Crippen LogP contribution in [0.3, 0.4) is 0 Å². The number of fused-ring (bicyclic) bond motifs is 1. The first-order valence-corrected chi connectivity index (χ1v) is 5.52. The Morgan fingerprint density at radius 1 is 1.28 bits per heavy atom. The van der Waals surface area contributed by atoms with Crippen LogP contribution in [0.2, 0.25) is 0 Å². The molecule has 2 aromatic heterocycles. The van der Waals surface area contributed by atoms with Crippen molar-refractivity contribution < 1.29 is 9.15 Å². The number of nitrogens with zero attached hydrogens (tertiary/aromatic N) is 2. The van der Waals surface area contributed by atoms with Crippen molar-refractivity contribution in [2.24, 2.45) is 5.73 Å². The van der Waals surface area contributed by atoms with E-state index in [0.717, 1.165) is 10.9 Å². The summed E-state index contributed by atoms with van der Waals surface area (Å²) in [5.74, 6) is 0.583. The molecule has 0 aliphatic rings. The zero-order valence-electron chi connectivity index (χ0n) is 9.54. The summed E-state index contributed by atoms with van der Waals surface area (Å²) in [4.78, 5) is 8.35. The molecule has 5 heteroatoms. The van der Waals surface area contributed by atoms with Crippen molar-refractivity contribution in [1.29, 1.82) is 0 Å². The Hall–Kier alpha value is -2.40. The first-order chi connectivity index (χ1) is 8.85. The van der Waals surface area contributed by atoms with Crippen molar-refractivity contribution in [3.63, 3.8) is 0 Å². The third-order valence-electron chi connectivity index (χ3n) is 2.51. The van der Waals surface area contributed by atoms with Gasteiger partial charge in [-0.25, -0.2) is 0 Å². The van der Waals surface area contributed by atoms with E-state index in [2.05, 4.69) is 9.97 Å². The van der Waals surface area contributed by atoms with E-state index in [-0.39, 0.29) is 6.08 Å². The van der Waals surface area contributed by atoms with Crippen LogP contribution in [0.5, 0.6) is 11.8 Å². The molecule has 0 atom stereocenters. The van der Waals surface area contributed by atoms with Gasteiger partial charge in [0.25, 0.3) is 0 Å². The van der Waals surface area contributed by atoms with E-state index in [9.17, 15) is 0 Å². The minimum Gasteiger partial charge on any atom is -0.417 e. The van der Waals surface area contributed by atoms with Crippen LogP contribution in [-0.4, -0.2) is 9.97 Å². The fourth-order valence-electron chi connectivity index (χ4n) is 1.64. The van der Waals surface area contributed by atoms with Crippen LogP contribution in [0.15, 0.2) is 47.2 Å². The Labute approximate surface area is 103 Å². The highest BCUT2D eigenvalue weighted by Gasteiger charge is 2.06. The molecule has 2 heterocycles. The van der Waals surface area contributed by atoms with Crippen LogP contribution in [0, 0.1) is 0 Å². The van der Waals surface area contributed by atoms with Crippen LogP contribution in [0.25, 0.3) is 10.9 Å². The molecule has 0 amide bonds. The Morgan fingerprint density at radius 3 is 3.00 bits per heavy atom.